The van der Waals surface area contributed by atoms with E-state index in [0.717, 1.165) is 56.8 Å². The van der Waals surface area contributed by atoms with Crippen molar-refractivity contribution in [3.05, 3.63) is 24.3 Å². The van der Waals surface area contributed by atoms with Crippen LogP contribution in [-0.2, 0) is 9.53 Å². The molecule has 0 bridgehead atoms. The number of unbranched alkanes of at least 4 members (excludes halogenated alkanes) is 1. The third kappa shape index (κ3) is 7.53. The number of piperidine rings is 1. The van der Waals surface area contributed by atoms with Gasteiger partial charge in [0, 0.05) is 12.6 Å². The third-order valence-electron chi connectivity index (χ3n) is 4.30. The first-order valence-corrected chi connectivity index (χ1v) is 8.88. The molecule has 0 N–H and O–H groups in total. The van der Waals surface area contributed by atoms with Crippen molar-refractivity contribution in [3.63, 3.8) is 0 Å². The van der Waals surface area contributed by atoms with E-state index in [1.54, 1.807) is 7.11 Å². The molecule has 0 aromatic heterocycles. The molecule has 0 radical (unpaired) electrons. The van der Waals surface area contributed by atoms with Crippen molar-refractivity contribution in [2.24, 2.45) is 5.92 Å². The van der Waals surface area contributed by atoms with Gasteiger partial charge >= 0.3 is 5.97 Å². The van der Waals surface area contributed by atoms with Crippen molar-refractivity contribution in [1.82, 2.24) is 4.90 Å². The van der Waals surface area contributed by atoms with E-state index in [4.69, 9.17) is 14.2 Å². The molecule has 1 aromatic carbocycles. The van der Waals surface area contributed by atoms with Crippen LogP contribution in [0.25, 0.3) is 0 Å². The Morgan fingerprint density at radius 1 is 1.28 bits per heavy atom. The molecule has 5 nitrogen and oxygen atoms in total. The lowest BCUT2D eigenvalue weighted by Gasteiger charge is -2.31. The number of hydrogen-bond acceptors (Lipinski definition) is 5. The lowest BCUT2D eigenvalue weighted by atomic mass is 9.98. The van der Waals surface area contributed by atoms with Gasteiger partial charge in [-0.2, -0.15) is 0 Å². The Kier molecular flexibility index (Phi) is 10.3. The first-order valence-electron chi connectivity index (χ1n) is 8.88. The molecule has 2 rings (SSSR count). The molecule has 6 heteroatoms. The van der Waals surface area contributed by atoms with E-state index in [1.165, 1.54) is 0 Å². The van der Waals surface area contributed by atoms with Gasteiger partial charge in [0.15, 0.2) is 0 Å². The number of halogens is 1. The van der Waals surface area contributed by atoms with Gasteiger partial charge in [0.25, 0.3) is 0 Å². The summed E-state index contributed by atoms with van der Waals surface area (Å²) in [6.45, 7) is 5.94. The van der Waals surface area contributed by atoms with Crippen LogP contribution in [-0.4, -0.2) is 50.8 Å². The average Bonchev–Trinajstić information content (AvgIpc) is 2.62. The highest BCUT2D eigenvalue weighted by Crippen LogP contribution is 2.20. The summed E-state index contributed by atoms with van der Waals surface area (Å²) < 4.78 is 16.1. The fourth-order valence-electron chi connectivity index (χ4n) is 3.03. The van der Waals surface area contributed by atoms with E-state index >= 15 is 0 Å². The van der Waals surface area contributed by atoms with Crippen molar-refractivity contribution in [2.45, 2.75) is 32.6 Å². The minimum atomic E-state index is -0.0384. The molecule has 1 saturated heterocycles. The van der Waals surface area contributed by atoms with Gasteiger partial charge in [-0.05, 0) is 57.8 Å². The Morgan fingerprint density at radius 2 is 2.08 bits per heavy atom. The van der Waals surface area contributed by atoms with Gasteiger partial charge in [-0.15, -0.1) is 12.4 Å². The molecule has 0 amide bonds. The highest BCUT2D eigenvalue weighted by Gasteiger charge is 2.26. The summed E-state index contributed by atoms with van der Waals surface area (Å²) in [4.78, 5) is 14.2. The summed E-state index contributed by atoms with van der Waals surface area (Å²) in [6, 6.07) is 7.67. The van der Waals surface area contributed by atoms with Crippen LogP contribution in [0.2, 0.25) is 0 Å². The Bertz CT molecular complexity index is 512. The summed E-state index contributed by atoms with van der Waals surface area (Å²) in [7, 11) is 1.65. The van der Waals surface area contributed by atoms with E-state index in [9.17, 15) is 4.79 Å². The van der Waals surface area contributed by atoms with Crippen LogP contribution in [0.5, 0.6) is 11.5 Å². The number of likely N-dealkylation sites (tertiary alicyclic amines) is 1. The second kappa shape index (κ2) is 12.0. The number of nitrogens with zero attached hydrogens (tertiary/aromatic N) is 1. The molecule has 1 atom stereocenters. The van der Waals surface area contributed by atoms with Crippen LogP contribution in [0.15, 0.2) is 24.3 Å². The Morgan fingerprint density at radius 3 is 2.84 bits per heavy atom. The van der Waals surface area contributed by atoms with Crippen LogP contribution >= 0.6 is 12.4 Å². The van der Waals surface area contributed by atoms with Gasteiger partial charge in [-0.25, -0.2) is 0 Å². The SMILES string of the molecule is CCOC(=O)C1CCCN(CCCCOc2cccc(OC)c2)C1.Cl. The number of methoxy groups -OCH3 is 1. The predicted octanol–water partition coefficient (Wildman–Crippen LogP) is 3.55. The number of carbonyl (C=O) groups excluding carboxylic acids is 1. The number of rotatable bonds is 9. The highest BCUT2D eigenvalue weighted by atomic mass is 35.5. The van der Waals surface area contributed by atoms with Gasteiger partial charge in [-0.1, -0.05) is 6.07 Å². The minimum Gasteiger partial charge on any atom is -0.497 e. The van der Waals surface area contributed by atoms with Crippen LogP contribution < -0.4 is 9.47 Å². The van der Waals surface area contributed by atoms with Gasteiger partial charge in [0.05, 0.1) is 26.2 Å². The van der Waals surface area contributed by atoms with E-state index in [0.29, 0.717) is 13.2 Å². The number of esters is 1. The summed E-state index contributed by atoms with van der Waals surface area (Å²) in [5, 5.41) is 0. The normalized spacial score (nSPS) is 17.4. The second-order valence-corrected chi connectivity index (χ2v) is 6.13. The van der Waals surface area contributed by atoms with Crippen molar-refractivity contribution in [3.8, 4) is 11.5 Å². The molecule has 1 aliphatic rings. The smallest absolute Gasteiger partial charge is 0.310 e. The summed E-state index contributed by atoms with van der Waals surface area (Å²) >= 11 is 0. The third-order valence-corrected chi connectivity index (χ3v) is 4.30. The van der Waals surface area contributed by atoms with E-state index in [1.807, 2.05) is 31.2 Å². The van der Waals surface area contributed by atoms with E-state index < -0.39 is 0 Å². The number of hydrogen-bond donors (Lipinski definition) is 0. The largest absolute Gasteiger partial charge is 0.497 e. The summed E-state index contributed by atoms with van der Waals surface area (Å²) in [6.07, 6.45) is 4.09. The van der Waals surface area contributed by atoms with E-state index in [-0.39, 0.29) is 24.3 Å². The number of carbonyl (C=O) groups is 1. The van der Waals surface area contributed by atoms with Crippen LogP contribution in [0.4, 0.5) is 0 Å². The number of benzene rings is 1. The zero-order valence-electron chi connectivity index (χ0n) is 15.2. The summed E-state index contributed by atoms with van der Waals surface area (Å²) in [5.41, 5.74) is 0. The Labute approximate surface area is 157 Å². The molecule has 1 aliphatic heterocycles. The second-order valence-electron chi connectivity index (χ2n) is 6.13. The molecule has 1 unspecified atom stereocenters. The minimum absolute atomic E-state index is 0. The monoisotopic (exact) mass is 371 g/mol. The standard InChI is InChI=1S/C19H29NO4.ClH/c1-3-23-19(21)16-8-7-12-20(15-16)11-4-5-13-24-18-10-6-9-17(14-18)22-2;/h6,9-10,14,16H,3-5,7-8,11-13,15H2,1-2H3;1H. The molecule has 1 aromatic rings. The average molecular weight is 372 g/mol. The molecule has 1 heterocycles. The molecule has 142 valence electrons. The van der Waals surface area contributed by atoms with Crippen LogP contribution in [0, 0.1) is 5.92 Å². The van der Waals surface area contributed by atoms with Gasteiger partial charge in [-0.3, -0.25) is 4.79 Å². The van der Waals surface area contributed by atoms with Gasteiger partial charge < -0.3 is 19.1 Å². The first kappa shape index (κ1) is 21.6. The molecule has 0 saturated carbocycles. The Hall–Kier alpha value is -1.46. The highest BCUT2D eigenvalue weighted by molar-refractivity contribution is 5.85. The van der Waals surface area contributed by atoms with Gasteiger partial charge in [0.1, 0.15) is 11.5 Å². The Balaban J connectivity index is 0.00000312. The number of ether oxygens (including phenoxy) is 3. The van der Waals surface area contributed by atoms with Crippen LogP contribution in [0.3, 0.4) is 0 Å². The van der Waals surface area contributed by atoms with Crippen molar-refractivity contribution >= 4 is 18.4 Å². The zero-order valence-corrected chi connectivity index (χ0v) is 16.1. The van der Waals surface area contributed by atoms with Crippen molar-refractivity contribution in [1.29, 1.82) is 0 Å². The molecule has 1 fully saturated rings. The molecule has 0 spiro atoms. The topological polar surface area (TPSA) is 48.0 Å². The first-order chi connectivity index (χ1) is 11.7. The maximum atomic E-state index is 11.8. The zero-order chi connectivity index (χ0) is 17.2. The lowest BCUT2D eigenvalue weighted by Crippen LogP contribution is -2.39. The predicted molar refractivity (Wildman–Crippen MR) is 101 cm³/mol. The van der Waals surface area contributed by atoms with Crippen LogP contribution in [0.1, 0.15) is 32.6 Å². The maximum absolute atomic E-state index is 11.8. The van der Waals surface area contributed by atoms with Crippen molar-refractivity contribution < 1.29 is 19.0 Å². The molecular weight excluding hydrogens is 342 g/mol. The summed E-state index contributed by atoms with van der Waals surface area (Å²) in [5.74, 6) is 1.66. The fraction of sp³-hybridized carbons (Fsp3) is 0.632. The van der Waals surface area contributed by atoms with Crippen molar-refractivity contribution in [2.75, 3.05) is 40.0 Å². The maximum Gasteiger partial charge on any atom is 0.310 e. The van der Waals surface area contributed by atoms with E-state index in [2.05, 4.69) is 4.90 Å². The molecule has 0 aliphatic carbocycles. The quantitative estimate of drug-likeness (QED) is 0.490. The molecular formula is C19H30ClNO4. The lowest BCUT2D eigenvalue weighted by molar-refractivity contribution is -0.149. The fourth-order valence-corrected chi connectivity index (χ4v) is 3.03. The molecule has 25 heavy (non-hydrogen) atoms. The van der Waals surface area contributed by atoms with Gasteiger partial charge in [0.2, 0.25) is 0 Å².